The van der Waals surface area contributed by atoms with Crippen LogP contribution in [0, 0.1) is 0 Å². The molecule has 0 aromatic heterocycles. The monoisotopic (exact) mass is 339 g/mol. The molecule has 2 aromatic carbocycles. The highest BCUT2D eigenvalue weighted by Gasteiger charge is 2.05. The fourth-order valence-corrected chi connectivity index (χ4v) is 1.86. The molecule has 3 nitrogen and oxygen atoms in total. The van der Waals surface area contributed by atoms with E-state index in [9.17, 15) is 4.79 Å². The Bertz CT molecular complexity index is 575. The van der Waals surface area contributed by atoms with Gasteiger partial charge in [-0.2, -0.15) is 0 Å². The molecule has 0 heterocycles. The Hall–Kier alpha value is -1.52. The number of para-hydroxylation sites is 1. The van der Waals surface area contributed by atoms with Crippen LogP contribution in [0.5, 0.6) is 5.75 Å². The van der Waals surface area contributed by atoms with Crippen molar-refractivity contribution in [2.24, 2.45) is 0 Å². The van der Waals surface area contributed by atoms with Gasteiger partial charge in [0.25, 0.3) is 5.91 Å². The first kappa shape index (κ1) is 13.9. The largest absolute Gasteiger partial charge is 0.484 e. The summed E-state index contributed by atoms with van der Waals surface area (Å²) < 4.78 is 6.12. The molecule has 2 aromatic rings. The van der Waals surface area contributed by atoms with Crippen LogP contribution >= 0.6 is 27.5 Å². The zero-order valence-corrected chi connectivity index (χ0v) is 12.2. The summed E-state index contributed by atoms with van der Waals surface area (Å²) >= 11 is 9.23. The molecule has 0 fully saturated rings. The number of halogens is 2. The third-order valence-corrected chi connectivity index (χ3v) is 3.55. The van der Waals surface area contributed by atoms with Gasteiger partial charge in [-0.25, -0.2) is 0 Å². The fourth-order valence-electron chi connectivity index (χ4n) is 1.44. The van der Waals surface area contributed by atoms with Crippen LogP contribution in [0.15, 0.2) is 53.0 Å². The highest BCUT2D eigenvalue weighted by molar-refractivity contribution is 9.10. The molecule has 2 rings (SSSR count). The van der Waals surface area contributed by atoms with Crippen molar-refractivity contribution in [3.05, 3.63) is 58.0 Å². The predicted molar refractivity (Wildman–Crippen MR) is 79.7 cm³/mol. The van der Waals surface area contributed by atoms with Gasteiger partial charge in [0, 0.05) is 10.2 Å². The van der Waals surface area contributed by atoms with Gasteiger partial charge in [-0.05, 0) is 46.3 Å². The van der Waals surface area contributed by atoms with Crippen LogP contribution in [0.2, 0.25) is 5.02 Å². The van der Waals surface area contributed by atoms with Crippen LogP contribution in [-0.2, 0) is 4.79 Å². The maximum atomic E-state index is 11.7. The van der Waals surface area contributed by atoms with Crippen molar-refractivity contribution < 1.29 is 9.53 Å². The van der Waals surface area contributed by atoms with Gasteiger partial charge >= 0.3 is 0 Å². The quantitative estimate of drug-likeness (QED) is 0.909. The standard InChI is InChI=1S/C14H11BrClNO2/c15-12-7-6-10(8-13(12)16)17-14(18)9-19-11-4-2-1-3-5-11/h1-8H,9H2,(H,17,18). The number of amides is 1. The van der Waals surface area contributed by atoms with Crippen molar-refractivity contribution in [3.8, 4) is 5.75 Å². The lowest BCUT2D eigenvalue weighted by Crippen LogP contribution is -2.20. The Kier molecular flexibility index (Phi) is 4.82. The molecule has 0 aliphatic carbocycles. The molecule has 0 radical (unpaired) electrons. The first-order chi connectivity index (χ1) is 9.15. The summed E-state index contributed by atoms with van der Waals surface area (Å²) in [5.41, 5.74) is 0.634. The third-order valence-electron chi connectivity index (χ3n) is 2.32. The van der Waals surface area contributed by atoms with E-state index < -0.39 is 0 Å². The average molecular weight is 341 g/mol. The predicted octanol–water partition coefficient (Wildman–Crippen LogP) is 4.12. The van der Waals surface area contributed by atoms with Gasteiger partial charge < -0.3 is 10.1 Å². The van der Waals surface area contributed by atoms with E-state index in [0.29, 0.717) is 16.5 Å². The SMILES string of the molecule is O=C(COc1ccccc1)Nc1ccc(Br)c(Cl)c1. The van der Waals surface area contributed by atoms with Gasteiger partial charge in [-0.15, -0.1) is 0 Å². The first-order valence-corrected chi connectivity index (χ1v) is 6.75. The number of carbonyl (C=O) groups is 1. The van der Waals surface area contributed by atoms with E-state index in [2.05, 4.69) is 21.2 Å². The number of hydrogen-bond acceptors (Lipinski definition) is 2. The molecule has 0 aliphatic rings. The van der Waals surface area contributed by atoms with E-state index in [1.54, 1.807) is 30.3 Å². The second kappa shape index (κ2) is 6.59. The van der Waals surface area contributed by atoms with Gasteiger partial charge in [-0.3, -0.25) is 4.79 Å². The second-order valence-corrected chi connectivity index (χ2v) is 5.04. The maximum Gasteiger partial charge on any atom is 0.262 e. The molecule has 1 amide bonds. The minimum atomic E-state index is -0.234. The molecule has 0 spiro atoms. The van der Waals surface area contributed by atoms with Crippen molar-refractivity contribution >= 4 is 39.1 Å². The summed E-state index contributed by atoms with van der Waals surface area (Å²) in [5.74, 6) is 0.425. The summed E-state index contributed by atoms with van der Waals surface area (Å²) in [5, 5.41) is 3.25. The molecule has 0 bridgehead atoms. The van der Waals surface area contributed by atoms with E-state index in [1.807, 2.05) is 18.2 Å². The Morgan fingerprint density at radius 2 is 1.95 bits per heavy atom. The number of hydrogen-bond donors (Lipinski definition) is 1. The minimum absolute atomic E-state index is 0.0440. The summed E-state index contributed by atoms with van der Waals surface area (Å²) in [6.45, 7) is -0.0440. The molecular weight excluding hydrogens is 330 g/mol. The van der Waals surface area contributed by atoms with Crippen LogP contribution < -0.4 is 10.1 Å². The maximum absolute atomic E-state index is 11.7. The summed E-state index contributed by atoms with van der Waals surface area (Å²) in [4.78, 5) is 11.7. The number of anilines is 1. The lowest BCUT2D eigenvalue weighted by molar-refractivity contribution is -0.118. The van der Waals surface area contributed by atoms with Crippen molar-refractivity contribution in [2.45, 2.75) is 0 Å². The summed E-state index contributed by atoms with van der Waals surface area (Å²) in [7, 11) is 0. The Morgan fingerprint density at radius 3 is 2.63 bits per heavy atom. The highest BCUT2D eigenvalue weighted by Crippen LogP contribution is 2.25. The van der Waals surface area contributed by atoms with Gasteiger partial charge in [0.15, 0.2) is 6.61 Å². The van der Waals surface area contributed by atoms with Crippen molar-refractivity contribution in [1.29, 1.82) is 0 Å². The molecule has 98 valence electrons. The van der Waals surface area contributed by atoms with E-state index in [0.717, 1.165) is 4.47 Å². The summed E-state index contributed by atoms with van der Waals surface area (Å²) in [6.07, 6.45) is 0. The molecule has 0 unspecified atom stereocenters. The number of rotatable bonds is 4. The van der Waals surface area contributed by atoms with Crippen LogP contribution in [0.4, 0.5) is 5.69 Å². The Labute approximate surface area is 124 Å². The smallest absolute Gasteiger partial charge is 0.262 e. The van der Waals surface area contributed by atoms with Crippen molar-refractivity contribution in [2.75, 3.05) is 11.9 Å². The van der Waals surface area contributed by atoms with Crippen molar-refractivity contribution in [3.63, 3.8) is 0 Å². The number of carbonyl (C=O) groups excluding carboxylic acids is 1. The van der Waals surface area contributed by atoms with E-state index in [4.69, 9.17) is 16.3 Å². The molecule has 1 N–H and O–H groups in total. The number of ether oxygens (including phenoxy) is 1. The highest BCUT2D eigenvalue weighted by atomic mass is 79.9. The molecule has 5 heteroatoms. The first-order valence-electron chi connectivity index (χ1n) is 5.58. The van der Waals surface area contributed by atoms with Crippen LogP contribution in [0.3, 0.4) is 0 Å². The van der Waals surface area contributed by atoms with Gasteiger partial charge in [0.05, 0.1) is 5.02 Å². The van der Waals surface area contributed by atoms with Crippen LogP contribution in [-0.4, -0.2) is 12.5 Å². The van der Waals surface area contributed by atoms with E-state index >= 15 is 0 Å². The van der Waals surface area contributed by atoms with Crippen LogP contribution in [0.1, 0.15) is 0 Å². The van der Waals surface area contributed by atoms with Gasteiger partial charge in [-0.1, -0.05) is 29.8 Å². The topological polar surface area (TPSA) is 38.3 Å². The van der Waals surface area contributed by atoms with Crippen molar-refractivity contribution in [1.82, 2.24) is 0 Å². The Morgan fingerprint density at radius 1 is 1.21 bits per heavy atom. The second-order valence-electron chi connectivity index (χ2n) is 3.78. The zero-order chi connectivity index (χ0) is 13.7. The van der Waals surface area contributed by atoms with Gasteiger partial charge in [0.2, 0.25) is 0 Å². The molecule has 0 saturated heterocycles. The van der Waals surface area contributed by atoms with E-state index in [-0.39, 0.29) is 12.5 Å². The molecule has 0 saturated carbocycles. The molecule has 0 atom stereocenters. The minimum Gasteiger partial charge on any atom is -0.484 e. The van der Waals surface area contributed by atoms with Gasteiger partial charge in [0.1, 0.15) is 5.75 Å². The average Bonchev–Trinajstić information content (AvgIpc) is 2.42. The Balaban J connectivity index is 1.89. The molecule has 19 heavy (non-hydrogen) atoms. The molecular formula is C14H11BrClNO2. The molecule has 0 aliphatic heterocycles. The summed E-state index contributed by atoms with van der Waals surface area (Å²) in [6, 6.07) is 14.4. The van der Waals surface area contributed by atoms with Crippen LogP contribution in [0.25, 0.3) is 0 Å². The zero-order valence-electron chi connectivity index (χ0n) is 9.90. The van der Waals surface area contributed by atoms with E-state index in [1.165, 1.54) is 0 Å². The lowest BCUT2D eigenvalue weighted by Gasteiger charge is -2.08. The third kappa shape index (κ3) is 4.26. The number of nitrogens with one attached hydrogen (secondary N) is 1. The fraction of sp³-hybridized carbons (Fsp3) is 0.0714. The number of benzene rings is 2. The lowest BCUT2D eigenvalue weighted by atomic mass is 10.3. The normalized spacial score (nSPS) is 10.0.